The van der Waals surface area contributed by atoms with Gasteiger partial charge in [0.1, 0.15) is 24.0 Å². The fourth-order valence-corrected chi connectivity index (χ4v) is 5.25. The highest BCUT2D eigenvalue weighted by molar-refractivity contribution is 7.48. The number of ether oxygens (including phenoxy) is 5. The number of fused-ring (bicyclic) bond motifs is 1. The van der Waals surface area contributed by atoms with E-state index in [1.165, 1.54) is 16.6 Å². The van der Waals surface area contributed by atoms with Gasteiger partial charge in [0.15, 0.2) is 18.0 Å². The Kier molecular flexibility index (Phi) is 13.0. The SMILES string of the molecule is CC(C)C(=O)O[C@H]1[C@@H](OC(=O)C(C)C)[C@](C#N)(c2ccc3c(N)ncnn23)O[C@@H]1COP(=O)(OCOC(=O)C(C)(C)C)OCOC(=O)C(C)(C)C. The van der Waals surface area contributed by atoms with Crippen molar-refractivity contribution in [1.82, 2.24) is 14.6 Å². The molecule has 0 spiro atoms. The summed E-state index contributed by atoms with van der Waals surface area (Å²) < 4.78 is 59.3. The van der Waals surface area contributed by atoms with Gasteiger partial charge in [-0.05, 0) is 53.7 Å². The molecule has 1 saturated heterocycles. The molecule has 51 heavy (non-hydrogen) atoms. The van der Waals surface area contributed by atoms with Gasteiger partial charge in [0, 0.05) is 0 Å². The molecule has 1 aliphatic rings. The van der Waals surface area contributed by atoms with Crippen LogP contribution in [-0.4, -0.2) is 77.0 Å². The quantitative estimate of drug-likeness (QED) is 0.125. The summed E-state index contributed by atoms with van der Waals surface area (Å²) in [6, 6.07) is 5.02. The first kappa shape index (κ1) is 41.3. The number of hydrogen-bond donors (Lipinski definition) is 1. The zero-order valence-corrected chi connectivity index (χ0v) is 31.3. The van der Waals surface area contributed by atoms with Crippen molar-refractivity contribution in [3.63, 3.8) is 0 Å². The van der Waals surface area contributed by atoms with E-state index in [0.717, 1.165) is 6.33 Å². The number of phosphoric ester groups is 1. The number of rotatable bonds is 14. The van der Waals surface area contributed by atoms with Crippen LogP contribution in [0.4, 0.5) is 5.82 Å². The van der Waals surface area contributed by atoms with Crippen molar-refractivity contribution in [3.8, 4) is 6.07 Å². The minimum Gasteiger partial charge on any atom is -0.455 e. The van der Waals surface area contributed by atoms with Crippen molar-refractivity contribution in [2.75, 3.05) is 25.9 Å². The number of carbonyl (C=O) groups excluding carboxylic acids is 4. The van der Waals surface area contributed by atoms with Gasteiger partial charge in [-0.25, -0.2) is 23.1 Å². The zero-order chi connectivity index (χ0) is 38.5. The van der Waals surface area contributed by atoms with E-state index >= 15 is 0 Å². The normalized spacial score (nSPS) is 21.0. The van der Waals surface area contributed by atoms with Crippen LogP contribution in [0.5, 0.6) is 0 Å². The van der Waals surface area contributed by atoms with Crippen molar-refractivity contribution in [3.05, 3.63) is 24.2 Å². The Morgan fingerprint density at radius 2 is 1.47 bits per heavy atom. The van der Waals surface area contributed by atoms with Crippen LogP contribution < -0.4 is 5.73 Å². The Bertz CT molecular complexity index is 1650. The monoisotopic (exact) mass is 739 g/mol. The second-order valence-electron chi connectivity index (χ2n) is 14.3. The molecule has 2 aromatic heterocycles. The number of phosphoric acid groups is 1. The molecule has 0 saturated carbocycles. The number of nitrogens with two attached hydrogens (primary N) is 1. The van der Waals surface area contributed by atoms with Gasteiger partial charge in [-0.3, -0.25) is 23.7 Å². The third-order valence-electron chi connectivity index (χ3n) is 7.29. The Hall–Kier alpha value is -4.14. The third-order valence-corrected chi connectivity index (χ3v) is 8.60. The van der Waals surface area contributed by atoms with Crippen LogP contribution in [0.15, 0.2) is 18.5 Å². The number of anilines is 1. The van der Waals surface area contributed by atoms with Gasteiger partial charge in [0.05, 0.1) is 35.0 Å². The van der Waals surface area contributed by atoms with E-state index < -0.39 is 98.5 Å². The molecule has 4 atom stereocenters. The van der Waals surface area contributed by atoms with Gasteiger partial charge in [0.2, 0.25) is 19.2 Å². The molecule has 1 aliphatic heterocycles. The largest absolute Gasteiger partial charge is 0.480 e. The number of nitriles is 1. The topological polar surface area (TPSA) is 239 Å². The number of carbonyl (C=O) groups is 4. The van der Waals surface area contributed by atoms with E-state index in [4.69, 9.17) is 43.0 Å². The lowest BCUT2D eigenvalue weighted by atomic mass is 9.92. The minimum absolute atomic E-state index is 0.0302. The fraction of sp³-hybridized carbons (Fsp3) is 0.656. The van der Waals surface area contributed by atoms with E-state index in [1.54, 1.807) is 69.2 Å². The maximum atomic E-state index is 13.9. The van der Waals surface area contributed by atoms with Crippen LogP contribution in [0.3, 0.4) is 0 Å². The van der Waals surface area contributed by atoms with Crippen molar-refractivity contribution >= 4 is 43.0 Å². The minimum atomic E-state index is -4.80. The van der Waals surface area contributed by atoms with Gasteiger partial charge >= 0.3 is 31.7 Å². The predicted molar refractivity (Wildman–Crippen MR) is 176 cm³/mol. The number of esters is 4. The van der Waals surface area contributed by atoms with Gasteiger partial charge in [0.25, 0.3) is 0 Å². The lowest BCUT2D eigenvalue weighted by molar-refractivity contribution is -0.173. The third kappa shape index (κ3) is 9.80. The summed E-state index contributed by atoms with van der Waals surface area (Å²) in [5, 5.41) is 15.0. The highest BCUT2D eigenvalue weighted by Crippen LogP contribution is 2.51. The molecule has 3 heterocycles. The molecule has 19 heteroatoms. The number of nitrogen functional groups attached to an aromatic ring is 1. The van der Waals surface area contributed by atoms with Gasteiger partial charge < -0.3 is 29.4 Å². The first-order chi connectivity index (χ1) is 23.6. The molecular formula is C32H46N5O13P. The molecule has 0 aliphatic carbocycles. The summed E-state index contributed by atoms with van der Waals surface area (Å²) in [6.45, 7) is 13.2. The zero-order valence-electron chi connectivity index (χ0n) is 30.4. The van der Waals surface area contributed by atoms with E-state index in [2.05, 4.69) is 16.2 Å². The molecule has 2 aromatic rings. The number of hydrogen-bond acceptors (Lipinski definition) is 17. The maximum absolute atomic E-state index is 13.9. The van der Waals surface area contributed by atoms with E-state index in [-0.39, 0.29) is 17.0 Å². The van der Waals surface area contributed by atoms with E-state index in [9.17, 15) is 29.0 Å². The lowest BCUT2D eigenvalue weighted by Gasteiger charge is -2.29. The second-order valence-corrected chi connectivity index (χ2v) is 16.0. The predicted octanol–water partition coefficient (Wildman–Crippen LogP) is 3.82. The molecule has 2 N–H and O–H groups in total. The summed E-state index contributed by atoms with van der Waals surface area (Å²) >= 11 is 0. The molecular weight excluding hydrogens is 693 g/mol. The molecule has 1 fully saturated rings. The molecule has 18 nitrogen and oxygen atoms in total. The van der Waals surface area contributed by atoms with Crippen LogP contribution in [-0.2, 0) is 66.6 Å². The van der Waals surface area contributed by atoms with Crippen LogP contribution in [0, 0.1) is 34.0 Å². The highest BCUT2D eigenvalue weighted by atomic mass is 31.2. The maximum Gasteiger partial charge on any atom is 0.480 e. The smallest absolute Gasteiger partial charge is 0.455 e. The van der Waals surface area contributed by atoms with Crippen LogP contribution in [0.2, 0.25) is 0 Å². The molecule has 0 amide bonds. The first-order valence-corrected chi connectivity index (χ1v) is 17.5. The number of aromatic nitrogens is 3. The van der Waals surface area contributed by atoms with Gasteiger partial charge in [-0.15, -0.1) is 0 Å². The van der Waals surface area contributed by atoms with Crippen molar-refractivity contribution in [2.24, 2.45) is 22.7 Å². The summed E-state index contributed by atoms with van der Waals surface area (Å²) in [5.74, 6) is -4.22. The standard InChI is InChI=1S/C32H46N5O13P/c1-18(2)26(38)48-23-21(13-45-51(42,46-16-43-28(40)30(5,6)7)47-17-44-29(41)31(8,9)10)50-32(14-33,24(23)49-27(39)19(3)4)22-12-11-20-25(34)35-15-36-37(20)22/h11-12,15,18-19,21,23-24H,13,16-17H2,1-10H3,(H2,34,35,36)/t21-,23-,24-,32+/m1/s1. The molecule has 0 bridgehead atoms. The summed E-state index contributed by atoms with van der Waals surface area (Å²) in [4.78, 5) is 54.7. The van der Waals surface area contributed by atoms with Gasteiger partial charge in [-0.1, -0.05) is 27.7 Å². The Morgan fingerprint density at radius 1 is 0.941 bits per heavy atom. The Labute approximate surface area is 295 Å². The summed E-state index contributed by atoms with van der Waals surface area (Å²) in [6.07, 6.45) is -3.53. The van der Waals surface area contributed by atoms with Crippen LogP contribution in [0.25, 0.3) is 5.52 Å². The number of nitrogens with zero attached hydrogens (tertiary/aromatic N) is 4. The molecule has 282 valence electrons. The average Bonchev–Trinajstić information content (AvgIpc) is 3.59. The highest BCUT2D eigenvalue weighted by Gasteiger charge is 2.63. The lowest BCUT2D eigenvalue weighted by Crippen LogP contribution is -2.47. The van der Waals surface area contributed by atoms with E-state index in [0.29, 0.717) is 0 Å². The van der Waals surface area contributed by atoms with Crippen molar-refractivity contribution < 1.29 is 61.0 Å². The van der Waals surface area contributed by atoms with Crippen molar-refractivity contribution in [2.45, 2.75) is 93.2 Å². The van der Waals surface area contributed by atoms with Gasteiger partial charge in [-0.2, -0.15) is 10.4 Å². The van der Waals surface area contributed by atoms with E-state index in [1.807, 2.05) is 0 Å². The summed E-state index contributed by atoms with van der Waals surface area (Å²) in [7, 11) is -4.80. The van der Waals surface area contributed by atoms with Crippen LogP contribution >= 0.6 is 7.82 Å². The Morgan fingerprint density at radius 3 is 1.96 bits per heavy atom. The molecule has 3 rings (SSSR count). The average molecular weight is 740 g/mol. The summed E-state index contributed by atoms with van der Waals surface area (Å²) in [5.41, 5.74) is 2.25. The molecule has 0 unspecified atom stereocenters. The molecule has 0 radical (unpaired) electrons. The second kappa shape index (κ2) is 16.0. The fourth-order valence-electron chi connectivity index (χ4n) is 4.33. The van der Waals surface area contributed by atoms with Crippen molar-refractivity contribution in [1.29, 1.82) is 5.26 Å². The first-order valence-electron chi connectivity index (χ1n) is 16.0. The Balaban J connectivity index is 2.06. The van der Waals surface area contributed by atoms with Crippen LogP contribution in [0.1, 0.15) is 74.9 Å². The molecule has 0 aromatic carbocycles.